The van der Waals surface area contributed by atoms with Crippen molar-refractivity contribution in [2.45, 2.75) is 6.92 Å². The SMILES string of the molecule is CCOC(=O)/C=C\Nc1c(N=Nc2cccc(Cl)c2)c(=O)n(C)c(=O)n1C. The average molecular weight is 392 g/mol. The smallest absolute Gasteiger partial charge is 0.332 e. The van der Waals surface area contributed by atoms with Crippen LogP contribution >= 0.6 is 11.6 Å². The van der Waals surface area contributed by atoms with Crippen molar-refractivity contribution >= 4 is 34.8 Å². The van der Waals surface area contributed by atoms with Crippen LogP contribution in [0.25, 0.3) is 0 Å². The summed E-state index contributed by atoms with van der Waals surface area (Å²) < 4.78 is 6.86. The second kappa shape index (κ2) is 8.95. The van der Waals surface area contributed by atoms with Gasteiger partial charge in [0.15, 0.2) is 5.69 Å². The maximum atomic E-state index is 12.5. The molecule has 0 unspecified atom stereocenters. The number of nitrogens with zero attached hydrogens (tertiary/aromatic N) is 4. The summed E-state index contributed by atoms with van der Waals surface area (Å²) in [6, 6.07) is 6.61. The van der Waals surface area contributed by atoms with Gasteiger partial charge in [-0.2, -0.15) is 5.11 Å². The third kappa shape index (κ3) is 4.91. The quantitative estimate of drug-likeness (QED) is 0.462. The molecule has 9 nitrogen and oxygen atoms in total. The number of carbonyl (C=O) groups excluding carboxylic acids is 1. The topological polar surface area (TPSA) is 107 Å². The molecule has 1 aromatic heterocycles. The van der Waals surface area contributed by atoms with Crippen LogP contribution in [-0.4, -0.2) is 21.7 Å². The molecule has 0 saturated carbocycles. The molecule has 0 bridgehead atoms. The first-order chi connectivity index (χ1) is 12.8. The van der Waals surface area contributed by atoms with Crippen LogP contribution in [0.4, 0.5) is 17.2 Å². The van der Waals surface area contributed by atoms with Gasteiger partial charge in [0.05, 0.1) is 12.3 Å². The first-order valence-corrected chi connectivity index (χ1v) is 8.30. The Kier molecular flexibility index (Phi) is 6.67. The van der Waals surface area contributed by atoms with Gasteiger partial charge in [0.1, 0.15) is 5.82 Å². The summed E-state index contributed by atoms with van der Waals surface area (Å²) in [7, 11) is 2.79. The van der Waals surface area contributed by atoms with Crippen LogP contribution < -0.4 is 16.6 Å². The molecule has 0 aliphatic rings. The minimum atomic E-state index is -0.643. The highest BCUT2D eigenvalue weighted by atomic mass is 35.5. The molecule has 0 aliphatic carbocycles. The predicted molar refractivity (Wildman–Crippen MR) is 102 cm³/mol. The summed E-state index contributed by atoms with van der Waals surface area (Å²) in [6.45, 7) is 1.91. The van der Waals surface area contributed by atoms with Gasteiger partial charge in [-0.3, -0.25) is 13.9 Å². The summed E-state index contributed by atoms with van der Waals surface area (Å²) in [5.74, 6) is -0.490. The number of rotatable bonds is 6. The van der Waals surface area contributed by atoms with Crippen LogP contribution in [0, 0.1) is 0 Å². The number of anilines is 1. The average Bonchev–Trinajstić information content (AvgIpc) is 2.64. The molecule has 0 amide bonds. The molecule has 1 heterocycles. The van der Waals surface area contributed by atoms with Crippen LogP contribution in [0.5, 0.6) is 0 Å². The van der Waals surface area contributed by atoms with Crippen LogP contribution in [0.3, 0.4) is 0 Å². The van der Waals surface area contributed by atoms with Crippen molar-refractivity contribution in [2.75, 3.05) is 11.9 Å². The highest BCUT2D eigenvalue weighted by Gasteiger charge is 2.15. The van der Waals surface area contributed by atoms with Crippen molar-refractivity contribution in [2.24, 2.45) is 24.3 Å². The van der Waals surface area contributed by atoms with Crippen molar-refractivity contribution in [3.63, 3.8) is 0 Å². The second-order valence-electron chi connectivity index (χ2n) is 5.31. The number of halogens is 1. The van der Waals surface area contributed by atoms with E-state index in [2.05, 4.69) is 15.5 Å². The molecular formula is C17H18ClN5O4. The van der Waals surface area contributed by atoms with Crippen LogP contribution in [0.15, 0.2) is 56.4 Å². The fraction of sp³-hybridized carbons (Fsp3) is 0.235. The number of aromatic nitrogens is 2. The van der Waals surface area contributed by atoms with Gasteiger partial charge < -0.3 is 10.1 Å². The van der Waals surface area contributed by atoms with E-state index in [1.54, 1.807) is 31.2 Å². The van der Waals surface area contributed by atoms with Crippen molar-refractivity contribution in [3.8, 4) is 0 Å². The number of esters is 1. The van der Waals surface area contributed by atoms with Gasteiger partial charge in [0, 0.05) is 31.4 Å². The monoisotopic (exact) mass is 391 g/mol. The fourth-order valence-electron chi connectivity index (χ4n) is 2.11. The number of benzene rings is 1. The minimum Gasteiger partial charge on any atom is -0.463 e. The van der Waals surface area contributed by atoms with Gasteiger partial charge in [-0.1, -0.05) is 17.7 Å². The van der Waals surface area contributed by atoms with E-state index >= 15 is 0 Å². The van der Waals surface area contributed by atoms with Gasteiger partial charge in [-0.15, -0.1) is 5.11 Å². The van der Waals surface area contributed by atoms with Crippen molar-refractivity contribution < 1.29 is 9.53 Å². The molecule has 142 valence electrons. The number of hydrogen-bond acceptors (Lipinski definition) is 7. The van der Waals surface area contributed by atoms with Crippen LogP contribution in [0.2, 0.25) is 5.02 Å². The minimum absolute atomic E-state index is 0.0782. The van der Waals surface area contributed by atoms with E-state index in [0.717, 1.165) is 10.6 Å². The largest absolute Gasteiger partial charge is 0.463 e. The maximum absolute atomic E-state index is 12.5. The van der Waals surface area contributed by atoms with Crippen LogP contribution in [0.1, 0.15) is 6.92 Å². The van der Waals surface area contributed by atoms with E-state index in [0.29, 0.717) is 10.7 Å². The summed E-state index contributed by atoms with van der Waals surface area (Å²) in [5, 5.41) is 11.2. The van der Waals surface area contributed by atoms with Gasteiger partial charge in [-0.25, -0.2) is 9.59 Å². The van der Waals surface area contributed by atoms with Crippen LogP contribution in [-0.2, 0) is 23.6 Å². The van der Waals surface area contributed by atoms with Crippen molar-refractivity contribution in [3.05, 3.63) is 62.4 Å². The Labute approximate surface area is 159 Å². The van der Waals surface area contributed by atoms with Crippen molar-refractivity contribution in [1.29, 1.82) is 0 Å². The lowest BCUT2D eigenvalue weighted by atomic mass is 10.3. The molecule has 10 heteroatoms. The van der Waals surface area contributed by atoms with Gasteiger partial charge >= 0.3 is 11.7 Å². The zero-order chi connectivity index (χ0) is 20.0. The Bertz CT molecular complexity index is 1020. The number of azo groups is 1. The molecule has 0 spiro atoms. The van der Waals surface area contributed by atoms with Gasteiger partial charge in [0.2, 0.25) is 0 Å². The Hall–Kier alpha value is -3.20. The normalized spacial score (nSPS) is 11.3. The highest BCUT2D eigenvalue weighted by molar-refractivity contribution is 6.30. The van der Waals surface area contributed by atoms with E-state index in [1.807, 2.05) is 0 Å². The molecule has 1 N–H and O–H groups in total. The molecule has 0 aliphatic heterocycles. The molecular weight excluding hydrogens is 374 g/mol. The number of carbonyl (C=O) groups is 1. The lowest BCUT2D eigenvalue weighted by molar-refractivity contribution is -0.137. The van der Waals surface area contributed by atoms with E-state index in [1.165, 1.54) is 24.9 Å². The van der Waals surface area contributed by atoms with E-state index in [4.69, 9.17) is 16.3 Å². The third-order valence-corrected chi connectivity index (χ3v) is 3.68. The molecule has 2 aromatic rings. The molecule has 27 heavy (non-hydrogen) atoms. The molecule has 0 saturated heterocycles. The van der Waals surface area contributed by atoms with Gasteiger partial charge in [-0.05, 0) is 25.1 Å². The predicted octanol–water partition coefficient (Wildman–Crippen LogP) is 2.64. The number of nitrogens with one attached hydrogen (secondary N) is 1. The maximum Gasteiger partial charge on any atom is 0.332 e. The molecule has 2 rings (SSSR count). The zero-order valence-electron chi connectivity index (χ0n) is 15.0. The summed E-state index contributed by atoms with van der Waals surface area (Å²) in [4.78, 5) is 36.0. The second-order valence-corrected chi connectivity index (χ2v) is 5.75. The third-order valence-electron chi connectivity index (χ3n) is 3.44. The first-order valence-electron chi connectivity index (χ1n) is 7.92. The number of hydrogen-bond donors (Lipinski definition) is 1. The van der Waals surface area contributed by atoms with Gasteiger partial charge in [0.25, 0.3) is 5.56 Å². The number of ether oxygens (including phenoxy) is 1. The molecule has 0 atom stereocenters. The Balaban J connectivity index is 2.47. The highest BCUT2D eigenvalue weighted by Crippen LogP contribution is 2.23. The summed E-state index contributed by atoms with van der Waals surface area (Å²) >= 11 is 5.91. The van der Waals surface area contributed by atoms with Crippen molar-refractivity contribution in [1.82, 2.24) is 9.13 Å². The Morgan fingerprint density at radius 1 is 1.26 bits per heavy atom. The van der Waals surface area contributed by atoms with E-state index in [-0.39, 0.29) is 18.1 Å². The Morgan fingerprint density at radius 3 is 2.67 bits per heavy atom. The lowest BCUT2D eigenvalue weighted by Crippen LogP contribution is -2.37. The first kappa shape index (κ1) is 20.1. The lowest BCUT2D eigenvalue weighted by Gasteiger charge is -2.11. The van der Waals surface area contributed by atoms with E-state index in [9.17, 15) is 14.4 Å². The van der Waals surface area contributed by atoms with E-state index < -0.39 is 17.2 Å². The Morgan fingerprint density at radius 2 is 2.00 bits per heavy atom. The fourth-order valence-corrected chi connectivity index (χ4v) is 2.29. The zero-order valence-corrected chi connectivity index (χ0v) is 15.7. The summed E-state index contributed by atoms with van der Waals surface area (Å²) in [5.41, 5.74) is -0.871. The molecule has 1 aromatic carbocycles. The molecule has 0 radical (unpaired) electrons. The summed E-state index contributed by atoms with van der Waals surface area (Å²) in [6.07, 6.45) is 2.38. The standard InChI is InChI=1S/C17H18ClN5O4/c1-4-27-13(24)8-9-19-15-14(16(25)23(3)17(26)22(15)2)21-20-12-7-5-6-11(18)10-12/h5-10,19H,4H2,1-3H3/b9-8-,21-20?. The molecule has 0 fully saturated rings.